The Hall–Kier alpha value is -0.613. The van der Waals surface area contributed by atoms with Crippen LogP contribution in [0.4, 0.5) is 0 Å². The molecule has 3 nitrogen and oxygen atoms in total. The molecule has 0 bridgehead atoms. The van der Waals surface area contributed by atoms with E-state index in [0.717, 1.165) is 5.82 Å². The summed E-state index contributed by atoms with van der Waals surface area (Å²) in [6, 6.07) is 3.59. The Morgan fingerprint density at radius 3 is 2.36 bits per heavy atom. The topological polar surface area (TPSA) is 37.9 Å². The first-order chi connectivity index (χ1) is 6.76. The lowest BCUT2D eigenvalue weighted by molar-refractivity contribution is 0.279. The van der Waals surface area contributed by atoms with Crippen LogP contribution in [0.2, 0.25) is 18.1 Å². The minimum absolute atomic E-state index is 0.648. The number of nitrogens with zero attached hydrogens (tertiary/aromatic N) is 1. The van der Waals surface area contributed by atoms with E-state index in [4.69, 9.17) is 4.43 Å². The third-order valence-corrected chi connectivity index (χ3v) is 7.63. The Bertz CT molecular complexity index is 236. The highest BCUT2D eigenvalue weighted by molar-refractivity contribution is 6.73. The second-order valence-corrected chi connectivity index (χ2v) is 8.34. The lowest BCUT2D eigenvalue weighted by atomic mass is 10.7. The molecule has 0 spiro atoms. The van der Waals surface area contributed by atoms with Gasteiger partial charge in [0.05, 0.1) is 6.61 Å². The van der Waals surface area contributed by atoms with E-state index < -0.39 is 8.32 Å². The average Bonchev–Trinajstić information content (AvgIpc) is 2.74. The van der Waals surface area contributed by atoms with Crippen molar-refractivity contribution < 1.29 is 4.43 Å². The number of H-pyrrole nitrogens is 1. The highest BCUT2D eigenvalue weighted by Gasteiger charge is 2.28. The van der Waals surface area contributed by atoms with Crippen molar-refractivity contribution in [2.45, 2.75) is 45.5 Å². The maximum absolute atomic E-state index is 6.07. The van der Waals surface area contributed by atoms with Gasteiger partial charge in [-0.3, -0.25) is 0 Å². The SMILES string of the molecule is CC[Si](CC)(CC)OCc1ncc[nH]1. The third-order valence-electron chi connectivity index (χ3n) is 3.00. The summed E-state index contributed by atoms with van der Waals surface area (Å²) in [4.78, 5) is 7.23. The van der Waals surface area contributed by atoms with Crippen molar-refractivity contribution in [1.82, 2.24) is 9.97 Å². The molecule has 0 aliphatic heterocycles. The summed E-state index contributed by atoms with van der Waals surface area (Å²) < 4.78 is 6.07. The van der Waals surface area contributed by atoms with Gasteiger partial charge >= 0.3 is 0 Å². The smallest absolute Gasteiger partial charge is 0.192 e. The zero-order valence-electron chi connectivity index (χ0n) is 9.34. The molecule has 0 atom stereocenters. The van der Waals surface area contributed by atoms with Crippen LogP contribution in [0.15, 0.2) is 12.4 Å². The summed E-state index contributed by atoms with van der Waals surface area (Å²) in [5, 5.41) is 0. The predicted octanol–water partition coefficient (Wildman–Crippen LogP) is 2.93. The summed E-state index contributed by atoms with van der Waals surface area (Å²) in [5.74, 6) is 0.942. The molecule has 0 amide bonds. The van der Waals surface area contributed by atoms with Gasteiger partial charge in [0.25, 0.3) is 0 Å². The van der Waals surface area contributed by atoms with Gasteiger partial charge in [-0.05, 0) is 18.1 Å². The molecule has 0 aliphatic carbocycles. The van der Waals surface area contributed by atoms with Crippen molar-refractivity contribution in [2.24, 2.45) is 0 Å². The van der Waals surface area contributed by atoms with Gasteiger partial charge in [-0.1, -0.05) is 20.8 Å². The summed E-state index contributed by atoms with van der Waals surface area (Å²) in [6.07, 6.45) is 3.61. The van der Waals surface area contributed by atoms with Crippen molar-refractivity contribution in [3.63, 3.8) is 0 Å². The number of imidazole rings is 1. The highest BCUT2D eigenvalue weighted by Crippen LogP contribution is 2.22. The fourth-order valence-corrected chi connectivity index (χ4v) is 4.21. The van der Waals surface area contributed by atoms with E-state index in [-0.39, 0.29) is 0 Å². The first-order valence-electron chi connectivity index (χ1n) is 5.38. The van der Waals surface area contributed by atoms with Gasteiger partial charge in [0, 0.05) is 12.4 Å². The van der Waals surface area contributed by atoms with Gasteiger partial charge in [0.2, 0.25) is 0 Å². The Kier molecular flexibility index (Phi) is 4.35. The zero-order valence-corrected chi connectivity index (χ0v) is 10.3. The van der Waals surface area contributed by atoms with E-state index >= 15 is 0 Å². The van der Waals surface area contributed by atoms with Gasteiger partial charge < -0.3 is 9.41 Å². The predicted molar refractivity (Wildman–Crippen MR) is 60.6 cm³/mol. The first-order valence-corrected chi connectivity index (χ1v) is 7.91. The molecule has 0 unspecified atom stereocenters. The lowest BCUT2D eigenvalue weighted by Crippen LogP contribution is -2.35. The first kappa shape index (κ1) is 11.5. The van der Waals surface area contributed by atoms with Gasteiger partial charge in [-0.2, -0.15) is 0 Å². The van der Waals surface area contributed by atoms with E-state index in [1.54, 1.807) is 6.20 Å². The number of aromatic nitrogens is 2. The molecule has 1 aromatic rings. The van der Waals surface area contributed by atoms with Crippen molar-refractivity contribution in [3.05, 3.63) is 18.2 Å². The van der Waals surface area contributed by atoms with Gasteiger partial charge in [-0.15, -0.1) is 0 Å². The van der Waals surface area contributed by atoms with Crippen LogP contribution < -0.4 is 0 Å². The van der Waals surface area contributed by atoms with Crippen LogP contribution in [0.1, 0.15) is 26.6 Å². The molecule has 0 saturated heterocycles. The highest BCUT2D eigenvalue weighted by atomic mass is 28.4. The largest absolute Gasteiger partial charge is 0.409 e. The molecular weight excluding hydrogens is 192 g/mol. The van der Waals surface area contributed by atoms with Crippen LogP contribution in [0.3, 0.4) is 0 Å². The Balaban J connectivity index is 2.48. The molecule has 14 heavy (non-hydrogen) atoms. The zero-order chi connectivity index (χ0) is 10.4. The number of rotatable bonds is 6. The normalized spacial score (nSPS) is 11.9. The molecule has 0 saturated carbocycles. The van der Waals surface area contributed by atoms with Crippen molar-refractivity contribution >= 4 is 8.32 Å². The molecule has 0 fully saturated rings. The number of aromatic amines is 1. The van der Waals surface area contributed by atoms with Crippen LogP contribution in [0.25, 0.3) is 0 Å². The number of nitrogens with one attached hydrogen (secondary N) is 1. The van der Waals surface area contributed by atoms with E-state index in [9.17, 15) is 0 Å². The van der Waals surface area contributed by atoms with Gasteiger partial charge in [-0.25, -0.2) is 4.98 Å². The quantitative estimate of drug-likeness (QED) is 0.736. The van der Waals surface area contributed by atoms with Crippen LogP contribution in [0, 0.1) is 0 Å². The summed E-state index contributed by atoms with van der Waals surface area (Å²) in [5.41, 5.74) is 0. The molecule has 0 aliphatic rings. The lowest BCUT2D eigenvalue weighted by Gasteiger charge is -2.27. The van der Waals surface area contributed by atoms with E-state index in [0.29, 0.717) is 6.61 Å². The maximum Gasteiger partial charge on any atom is 0.192 e. The van der Waals surface area contributed by atoms with Crippen LogP contribution >= 0.6 is 0 Å². The average molecular weight is 212 g/mol. The molecule has 0 aromatic carbocycles. The standard InChI is InChI=1S/C10H20N2OSi/c1-4-14(5-2,6-3)13-9-10-11-7-8-12-10/h7-8H,4-6,9H2,1-3H3,(H,11,12). The molecule has 1 aromatic heterocycles. The molecule has 1 heterocycles. The van der Waals surface area contributed by atoms with Crippen LogP contribution in [-0.2, 0) is 11.0 Å². The molecule has 1 rings (SSSR count). The second-order valence-electron chi connectivity index (χ2n) is 3.57. The minimum Gasteiger partial charge on any atom is -0.409 e. The third kappa shape index (κ3) is 2.69. The molecule has 0 radical (unpaired) electrons. The fourth-order valence-electron chi connectivity index (χ4n) is 1.65. The van der Waals surface area contributed by atoms with E-state index in [2.05, 4.69) is 30.7 Å². The van der Waals surface area contributed by atoms with E-state index in [1.165, 1.54) is 18.1 Å². The monoisotopic (exact) mass is 212 g/mol. The Morgan fingerprint density at radius 2 is 1.93 bits per heavy atom. The Labute approximate surface area is 87.0 Å². The minimum atomic E-state index is -1.43. The van der Waals surface area contributed by atoms with E-state index in [1.807, 2.05) is 6.20 Å². The molecule has 80 valence electrons. The van der Waals surface area contributed by atoms with Gasteiger partial charge in [0.15, 0.2) is 8.32 Å². The van der Waals surface area contributed by atoms with Crippen molar-refractivity contribution in [1.29, 1.82) is 0 Å². The number of hydrogen-bond acceptors (Lipinski definition) is 2. The number of hydrogen-bond donors (Lipinski definition) is 1. The van der Waals surface area contributed by atoms with Crippen molar-refractivity contribution in [2.75, 3.05) is 0 Å². The summed E-state index contributed by atoms with van der Waals surface area (Å²) >= 11 is 0. The van der Waals surface area contributed by atoms with Crippen LogP contribution in [-0.4, -0.2) is 18.3 Å². The molecule has 4 heteroatoms. The molecule has 1 N–H and O–H groups in total. The Morgan fingerprint density at radius 1 is 1.29 bits per heavy atom. The second kappa shape index (κ2) is 5.31. The summed E-state index contributed by atoms with van der Waals surface area (Å²) in [6.45, 7) is 7.36. The van der Waals surface area contributed by atoms with Crippen LogP contribution in [0.5, 0.6) is 0 Å². The fraction of sp³-hybridized carbons (Fsp3) is 0.700. The van der Waals surface area contributed by atoms with Gasteiger partial charge in [0.1, 0.15) is 5.82 Å². The van der Waals surface area contributed by atoms with Crippen molar-refractivity contribution in [3.8, 4) is 0 Å². The summed E-state index contributed by atoms with van der Waals surface area (Å²) in [7, 11) is -1.43. The maximum atomic E-state index is 6.07. The molecular formula is C10H20N2OSi.